The number of nitrogens with zero attached hydrogens (tertiary/aromatic N) is 1. The molecule has 6 heteroatoms. The Balaban J connectivity index is 1.81. The summed E-state index contributed by atoms with van der Waals surface area (Å²) in [6.07, 6.45) is -1.59. The third kappa shape index (κ3) is 3.70. The van der Waals surface area contributed by atoms with Crippen LogP contribution in [0.3, 0.4) is 0 Å². The summed E-state index contributed by atoms with van der Waals surface area (Å²) in [6, 6.07) is 18.1. The molecule has 0 radical (unpaired) electrons. The van der Waals surface area contributed by atoms with E-state index in [1.54, 1.807) is 24.3 Å². The van der Waals surface area contributed by atoms with Crippen LogP contribution in [0.4, 0.5) is 0 Å². The Morgan fingerprint density at radius 2 is 1.76 bits per heavy atom. The molecule has 2 N–H and O–H groups in total. The van der Waals surface area contributed by atoms with E-state index in [2.05, 4.69) is 5.32 Å². The lowest BCUT2D eigenvalue weighted by atomic mass is 9.91. The van der Waals surface area contributed by atoms with Gasteiger partial charge in [0.05, 0.1) is 6.10 Å². The van der Waals surface area contributed by atoms with Crippen molar-refractivity contribution >= 4 is 11.8 Å². The molecule has 3 atom stereocenters. The number of hydrogen-bond donors (Lipinski definition) is 2. The number of carbonyl (C=O) groups excluding carboxylic acids is 2. The largest absolute Gasteiger partial charge is 0.392 e. The number of β-lactam (4-membered cyclic amide) rings is 1. The Hall–Kier alpha value is -2.70. The van der Waals surface area contributed by atoms with Crippen molar-refractivity contribution < 1.29 is 19.5 Å². The van der Waals surface area contributed by atoms with E-state index in [1.807, 2.05) is 36.4 Å². The lowest BCUT2D eigenvalue weighted by molar-refractivity contribution is -0.206. The topological polar surface area (TPSA) is 78.9 Å². The molecule has 1 heterocycles. The zero-order valence-corrected chi connectivity index (χ0v) is 13.8. The Bertz CT molecular complexity index is 734. The minimum Gasteiger partial charge on any atom is -0.392 e. The third-order valence-corrected chi connectivity index (χ3v) is 4.14. The summed E-state index contributed by atoms with van der Waals surface area (Å²) < 4.78 is 0. The first-order valence-corrected chi connectivity index (χ1v) is 8.12. The molecule has 1 saturated heterocycles. The van der Waals surface area contributed by atoms with Crippen LogP contribution in [0.5, 0.6) is 0 Å². The van der Waals surface area contributed by atoms with Crippen molar-refractivity contribution in [2.24, 2.45) is 5.92 Å². The highest BCUT2D eigenvalue weighted by Crippen LogP contribution is 2.25. The fourth-order valence-electron chi connectivity index (χ4n) is 2.76. The molecule has 0 unspecified atom stereocenters. The van der Waals surface area contributed by atoms with Crippen molar-refractivity contribution in [1.82, 2.24) is 10.4 Å². The van der Waals surface area contributed by atoms with Gasteiger partial charge in [0.1, 0.15) is 18.7 Å². The van der Waals surface area contributed by atoms with Gasteiger partial charge in [0.2, 0.25) is 5.91 Å². The van der Waals surface area contributed by atoms with Gasteiger partial charge in [0.15, 0.2) is 0 Å². The van der Waals surface area contributed by atoms with E-state index < -0.39 is 18.2 Å². The molecule has 1 aliphatic rings. The van der Waals surface area contributed by atoms with Crippen LogP contribution in [0.15, 0.2) is 60.7 Å². The highest BCUT2D eigenvalue weighted by molar-refractivity contribution is 5.95. The highest BCUT2D eigenvalue weighted by Gasteiger charge is 2.48. The molecular formula is C19H20N2O4. The molecule has 25 heavy (non-hydrogen) atoms. The Morgan fingerprint density at radius 1 is 1.16 bits per heavy atom. The smallest absolute Gasteiger partial charge is 0.279 e. The minimum absolute atomic E-state index is 0.179. The predicted molar refractivity (Wildman–Crippen MR) is 90.9 cm³/mol. The van der Waals surface area contributed by atoms with Gasteiger partial charge in [-0.3, -0.25) is 14.4 Å². The molecule has 0 spiro atoms. The van der Waals surface area contributed by atoms with Crippen molar-refractivity contribution in [2.45, 2.75) is 25.8 Å². The summed E-state index contributed by atoms with van der Waals surface area (Å²) >= 11 is 0. The van der Waals surface area contributed by atoms with E-state index in [-0.39, 0.29) is 18.4 Å². The quantitative estimate of drug-likeness (QED) is 0.620. The molecule has 0 aromatic heterocycles. The van der Waals surface area contributed by atoms with Crippen LogP contribution < -0.4 is 5.32 Å². The van der Waals surface area contributed by atoms with E-state index >= 15 is 0 Å². The van der Waals surface area contributed by atoms with E-state index in [4.69, 9.17) is 4.84 Å². The number of nitrogens with one attached hydrogen (secondary N) is 1. The number of carbonyl (C=O) groups is 2. The second kappa shape index (κ2) is 7.46. The van der Waals surface area contributed by atoms with Crippen molar-refractivity contribution in [3.63, 3.8) is 0 Å². The zero-order valence-electron chi connectivity index (χ0n) is 13.8. The molecule has 3 rings (SSSR count). The first-order valence-electron chi connectivity index (χ1n) is 8.12. The lowest BCUT2D eigenvalue weighted by Gasteiger charge is -2.43. The highest BCUT2D eigenvalue weighted by atomic mass is 16.7. The summed E-state index contributed by atoms with van der Waals surface area (Å²) in [6.45, 7) is 1.71. The summed E-state index contributed by atoms with van der Waals surface area (Å²) in [4.78, 5) is 30.3. The Labute approximate surface area is 146 Å². The van der Waals surface area contributed by atoms with Gasteiger partial charge in [0.25, 0.3) is 5.91 Å². The van der Waals surface area contributed by atoms with Gasteiger partial charge in [-0.15, -0.1) is 0 Å². The van der Waals surface area contributed by atoms with E-state index in [0.29, 0.717) is 5.56 Å². The Kier molecular flexibility index (Phi) is 5.11. The summed E-state index contributed by atoms with van der Waals surface area (Å²) in [5, 5.41) is 13.6. The van der Waals surface area contributed by atoms with Gasteiger partial charge in [-0.25, -0.2) is 0 Å². The van der Waals surface area contributed by atoms with Gasteiger partial charge in [-0.05, 0) is 24.6 Å². The first kappa shape index (κ1) is 17.1. The van der Waals surface area contributed by atoms with Crippen molar-refractivity contribution in [3.8, 4) is 0 Å². The van der Waals surface area contributed by atoms with Crippen LogP contribution in [0.1, 0.15) is 22.8 Å². The van der Waals surface area contributed by atoms with Crippen LogP contribution in [0, 0.1) is 5.92 Å². The van der Waals surface area contributed by atoms with Crippen LogP contribution in [-0.2, 0) is 16.2 Å². The van der Waals surface area contributed by atoms with E-state index in [9.17, 15) is 14.7 Å². The predicted octanol–water partition coefficient (Wildman–Crippen LogP) is 1.71. The molecule has 0 saturated carbocycles. The molecule has 6 nitrogen and oxygen atoms in total. The third-order valence-electron chi connectivity index (χ3n) is 4.14. The SMILES string of the molecule is C[C@@H](O)[C@H]1C(=O)N[C@@H]1N(OCc1ccccc1)C(=O)c1ccccc1. The monoisotopic (exact) mass is 340 g/mol. The van der Waals surface area contributed by atoms with Crippen molar-refractivity contribution in [2.75, 3.05) is 0 Å². The van der Waals surface area contributed by atoms with Gasteiger partial charge < -0.3 is 10.4 Å². The number of hydrogen-bond acceptors (Lipinski definition) is 4. The molecule has 130 valence electrons. The average molecular weight is 340 g/mol. The van der Waals surface area contributed by atoms with Crippen LogP contribution in [0.25, 0.3) is 0 Å². The second-order valence-electron chi connectivity index (χ2n) is 5.98. The molecular weight excluding hydrogens is 320 g/mol. The standard InChI is InChI=1S/C19H20N2O4/c1-13(22)16-17(20-18(16)23)21(19(24)15-10-6-3-7-11-15)25-12-14-8-4-2-5-9-14/h2-11,13,16-17,22H,12H2,1H3,(H,20,23)/t13-,16-,17-/m1/s1. The van der Waals surface area contributed by atoms with E-state index in [1.165, 1.54) is 6.92 Å². The number of aliphatic hydroxyl groups excluding tert-OH is 1. The van der Waals surface area contributed by atoms with E-state index in [0.717, 1.165) is 10.6 Å². The molecule has 1 fully saturated rings. The van der Waals surface area contributed by atoms with Gasteiger partial charge in [0, 0.05) is 5.56 Å². The minimum atomic E-state index is -0.884. The molecule has 0 aliphatic carbocycles. The molecule has 1 aliphatic heterocycles. The molecule has 0 bridgehead atoms. The normalized spacial score (nSPS) is 20.3. The van der Waals surface area contributed by atoms with Crippen molar-refractivity contribution in [3.05, 3.63) is 71.8 Å². The van der Waals surface area contributed by atoms with Crippen LogP contribution in [0.2, 0.25) is 0 Å². The fourth-order valence-corrected chi connectivity index (χ4v) is 2.76. The second-order valence-corrected chi connectivity index (χ2v) is 5.98. The number of rotatable bonds is 6. The van der Waals surface area contributed by atoms with Gasteiger partial charge in [-0.1, -0.05) is 48.5 Å². The number of amides is 2. The van der Waals surface area contributed by atoms with Crippen molar-refractivity contribution in [1.29, 1.82) is 0 Å². The summed E-state index contributed by atoms with van der Waals surface area (Å²) in [5.41, 5.74) is 1.34. The lowest BCUT2D eigenvalue weighted by Crippen LogP contribution is -2.69. The molecule has 2 aromatic carbocycles. The first-order chi connectivity index (χ1) is 12.1. The summed E-state index contributed by atoms with van der Waals surface area (Å²) in [5.74, 6) is -1.38. The summed E-state index contributed by atoms with van der Waals surface area (Å²) in [7, 11) is 0. The molecule has 2 aromatic rings. The maximum atomic E-state index is 12.8. The number of aliphatic hydroxyl groups is 1. The van der Waals surface area contributed by atoms with Gasteiger partial charge >= 0.3 is 0 Å². The molecule has 2 amide bonds. The average Bonchev–Trinajstić information content (AvgIpc) is 2.61. The van der Waals surface area contributed by atoms with Crippen LogP contribution >= 0.6 is 0 Å². The maximum absolute atomic E-state index is 12.8. The number of hydroxylamine groups is 2. The zero-order chi connectivity index (χ0) is 17.8. The van der Waals surface area contributed by atoms with Crippen LogP contribution in [-0.4, -0.2) is 34.3 Å². The Morgan fingerprint density at radius 3 is 2.32 bits per heavy atom. The number of benzene rings is 2. The maximum Gasteiger partial charge on any atom is 0.279 e. The van der Waals surface area contributed by atoms with Gasteiger partial charge in [-0.2, -0.15) is 5.06 Å². The fraction of sp³-hybridized carbons (Fsp3) is 0.263.